The van der Waals surface area contributed by atoms with Crippen molar-refractivity contribution in [3.63, 3.8) is 0 Å². The number of likely N-dealkylation sites (tertiary alicyclic amines) is 1. The number of piperidine rings is 1. The number of hydrogen-bond acceptors (Lipinski definition) is 5. The van der Waals surface area contributed by atoms with Gasteiger partial charge in [0, 0.05) is 24.8 Å². The van der Waals surface area contributed by atoms with E-state index < -0.39 is 5.97 Å². The highest BCUT2D eigenvalue weighted by atomic mass is 35.5. The number of carbonyl (C=O) groups excluding carboxylic acids is 2. The first-order valence-corrected chi connectivity index (χ1v) is 8.70. The third-order valence-corrected chi connectivity index (χ3v) is 4.59. The van der Waals surface area contributed by atoms with Crippen LogP contribution in [0.4, 0.5) is 10.5 Å². The minimum Gasteiger partial charge on any atom is -0.465 e. The van der Waals surface area contributed by atoms with Gasteiger partial charge in [0.1, 0.15) is 0 Å². The van der Waals surface area contributed by atoms with Gasteiger partial charge in [-0.05, 0) is 37.6 Å². The molecule has 2 rings (SSSR count). The van der Waals surface area contributed by atoms with Crippen molar-refractivity contribution in [3.05, 3.63) is 28.8 Å². The van der Waals surface area contributed by atoms with E-state index in [0.717, 1.165) is 25.8 Å². The van der Waals surface area contributed by atoms with E-state index in [-0.39, 0.29) is 29.3 Å². The third kappa shape index (κ3) is 5.59. The average Bonchev–Trinajstić information content (AvgIpc) is 2.61. The Morgan fingerprint density at radius 2 is 2.20 bits per heavy atom. The second-order valence-corrected chi connectivity index (χ2v) is 6.34. The van der Waals surface area contributed by atoms with Gasteiger partial charge in [-0.2, -0.15) is 0 Å². The summed E-state index contributed by atoms with van der Waals surface area (Å²) in [4.78, 5) is 25.6. The number of nitrogens with zero attached hydrogens (tertiary/aromatic N) is 1. The first-order chi connectivity index (χ1) is 12.0. The lowest BCUT2D eigenvalue weighted by atomic mass is 10.0. The van der Waals surface area contributed by atoms with Gasteiger partial charge in [0.15, 0.2) is 0 Å². The zero-order valence-corrected chi connectivity index (χ0v) is 15.0. The molecule has 1 aromatic carbocycles. The van der Waals surface area contributed by atoms with Gasteiger partial charge in [0.25, 0.3) is 0 Å². The van der Waals surface area contributed by atoms with Crippen molar-refractivity contribution >= 4 is 29.3 Å². The van der Waals surface area contributed by atoms with Crippen LogP contribution in [0.5, 0.6) is 0 Å². The summed E-state index contributed by atoms with van der Waals surface area (Å²) in [6, 6.07) is 4.43. The van der Waals surface area contributed by atoms with E-state index in [2.05, 4.69) is 20.3 Å². The summed E-state index contributed by atoms with van der Waals surface area (Å²) in [6.07, 6.45) is 3.25. The van der Waals surface area contributed by atoms with Crippen molar-refractivity contribution in [2.24, 2.45) is 0 Å². The maximum atomic E-state index is 12.0. The molecule has 1 saturated heterocycles. The van der Waals surface area contributed by atoms with Gasteiger partial charge in [0.05, 0.1) is 24.3 Å². The van der Waals surface area contributed by atoms with E-state index in [1.165, 1.54) is 19.2 Å². The Hall–Kier alpha value is -1.83. The molecule has 138 valence electrons. The molecule has 1 fully saturated rings. The van der Waals surface area contributed by atoms with Gasteiger partial charge in [-0.3, -0.25) is 4.90 Å². The molecule has 1 aliphatic rings. The molecule has 1 aromatic rings. The smallest absolute Gasteiger partial charge is 0.339 e. The zero-order valence-electron chi connectivity index (χ0n) is 14.3. The van der Waals surface area contributed by atoms with Crippen LogP contribution in [0.3, 0.4) is 0 Å². The van der Waals surface area contributed by atoms with Gasteiger partial charge in [-0.15, -0.1) is 0 Å². The highest BCUT2D eigenvalue weighted by Crippen LogP contribution is 2.21. The number of hydrogen-bond donors (Lipinski definition) is 3. The Balaban J connectivity index is 1.80. The van der Waals surface area contributed by atoms with Crippen LogP contribution >= 0.6 is 11.6 Å². The van der Waals surface area contributed by atoms with Gasteiger partial charge in [-0.25, -0.2) is 9.59 Å². The molecule has 3 N–H and O–H groups in total. The molecule has 25 heavy (non-hydrogen) atoms. The third-order valence-electron chi connectivity index (χ3n) is 4.28. The van der Waals surface area contributed by atoms with Crippen LogP contribution in [0.1, 0.15) is 29.6 Å². The number of rotatable bonds is 6. The van der Waals surface area contributed by atoms with Crippen molar-refractivity contribution < 1.29 is 19.4 Å². The van der Waals surface area contributed by atoms with Crippen LogP contribution in [0.15, 0.2) is 18.2 Å². The molecular formula is C17H24ClN3O4. The molecule has 8 heteroatoms. The molecule has 0 aliphatic carbocycles. The lowest BCUT2D eigenvalue weighted by Gasteiger charge is -2.34. The van der Waals surface area contributed by atoms with Gasteiger partial charge >= 0.3 is 12.0 Å². The summed E-state index contributed by atoms with van der Waals surface area (Å²) in [5, 5.41) is 15.1. The number of halogens is 1. The SMILES string of the molecule is COC(=O)c1ccc(NC(=O)NCCN2CCCC[C@H]2CO)cc1Cl. The maximum absolute atomic E-state index is 12.0. The number of amides is 2. The second kappa shape index (κ2) is 9.60. The molecule has 1 heterocycles. The van der Waals surface area contributed by atoms with Crippen molar-refractivity contribution in [2.75, 3.05) is 38.7 Å². The Labute approximate surface area is 152 Å². The summed E-state index contributed by atoms with van der Waals surface area (Å²) in [6.45, 7) is 2.27. The van der Waals surface area contributed by atoms with Crippen LogP contribution in [0, 0.1) is 0 Å². The lowest BCUT2D eigenvalue weighted by Crippen LogP contribution is -2.46. The largest absolute Gasteiger partial charge is 0.465 e. The van der Waals surface area contributed by atoms with E-state index in [1.807, 2.05) is 0 Å². The predicted octanol–water partition coefficient (Wildman–Crippen LogP) is 2.09. The average molecular weight is 370 g/mol. The normalized spacial score (nSPS) is 17.8. The fraction of sp³-hybridized carbons (Fsp3) is 0.529. The molecule has 1 aliphatic heterocycles. The number of aliphatic hydroxyl groups excluding tert-OH is 1. The van der Waals surface area contributed by atoms with Crippen molar-refractivity contribution in [1.29, 1.82) is 0 Å². The van der Waals surface area contributed by atoms with Crippen LogP contribution in [0.2, 0.25) is 5.02 Å². The number of methoxy groups -OCH3 is 1. The molecule has 7 nitrogen and oxygen atoms in total. The Bertz CT molecular complexity index is 612. The summed E-state index contributed by atoms with van der Waals surface area (Å²) < 4.78 is 4.62. The number of aliphatic hydroxyl groups is 1. The quantitative estimate of drug-likeness (QED) is 0.668. The van der Waals surface area contributed by atoms with Crippen LogP contribution in [-0.2, 0) is 4.74 Å². The highest BCUT2D eigenvalue weighted by molar-refractivity contribution is 6.33. The number of ether oxygens (including phenoxy) is 1. The Morgan fingerprint density at radius 1 is 1.40 bits per heavy atom. The van der Waals surface area contributed by atoms with Crippen molar-refractivity contribution in [3.8, 4) is 0 Å². The van der Waals surface area contributed by atoms with E-state index in [4.69, 9.17) is 11.6 Å². The molecule has 0 unspecified atom stereocenters. The van der Waals surface area contributed by atoms with Crippen LogP contribution in [0.25, 0.3) is 0 Å². The topological polar surface area (TPSA) is 90.9 Å². The van der Waals surface area contributed by atoms with Gasteiger partial charge in [-0.1, -0.05) is 18.0 Å². The molecule has 0 saturated carbocycles. The highest BCUT2D eigenvalue weighted by Gasteiger charge is 2.21. The molecule has 2 amide bonds. The van der Waals surface area contributed by atoms with E-state index >= 15 is 0 Å². The summed E-state index contributed by atoms with van der Waals surface area (Å²) >= 11 is 6.02. The number of urea groups is 1. The second-order valence-electron chi connectivity index (χ2n) is 5.94. The van der Waals surface area contributed by atoms with E-state index in [0.29, 0.717) is 18.8 Å². The molecular weight excluding hydrogens is 346 g/mol. The minimum atomic E-state index is -0.527. The minimum absolute atomic E-state index is 0.150. The summed E-state index contributed by atoms with van der Waals surface area (Å²) in [5.41, 5.74) is 0.733. The molecule has 0 radical (unpaired) electrons. The predicted molar refractivity (Wildman–Crippen MR) is 96.1 cm³/mol. The molecule has 0 spiro atoms. The molecule has 1 atom stereocenters. The fourth-order valence-corrected chi connectivity index (χ4v) is 3.18. The lowest BCUT2D eigenvalue weighted by molar-refractivity contribution is 0.0601. The molecule has 0 bridgehead atoms. The standard InChI is InChI=1S/C17H24ClN3O4/c1-25-16(23)14-6-5-12(10-15(14)18)20-17(24)19-7-9-21-8-3-2-4-13(21)11-22/h5-6,10,13,22H,2-4,7-9,11H2,1H3,(H2,19,20,24)/t13-/m0/s1. The number of esters is 1. The Kier molecular flexibility index (Phi) is 7.49. The summed E-state index contributed by atoms with van der Waals surface area (Å²) in [7, 11) is 1.28. The first-order valence-electron chi connectivity index (χ1n) is 8.32. The number of carbonyl (C=O) groups is 2. The monoisotopic (exact) mass is 369 g/mol. The summed E-state index contributed by atoms with van der Waals surface area (Å²) in [5.74, 6) is -0.527. The zero-order chi connectivity index (χ0) is 18.2. The number of anilines is 1. The Morgan fingerprint density at radius 3 is 2.88 bits per heavy atom. The maximum Gasteiger partial charge on any atom is 0.339 e. The number of benzene rings is 1. The van der Waals surface area contributed by atoms with E-state index in [1.54, 1.807) is 6.07 Å². The molecule has 0 aromatic heterocycles. The van der Waals surface area contributed by atoms with Gasteiger partial charge in [0.2, 0.25) is 0 Å². The first kappa shape index (κ1) is 19.5. The number of nitrogens with one attached hydrogen (secondary N) is 2. The van der Waals surface area contributed by atoms with Crippen molar-refractivity contribution in [2.45, 2.75) is 25.3 Å². The van der Waals surface area contributed by atoms with Crippen LogP contribution < -0.4 is 10.6 Å². The van der Waals surface area contributed by atoms with Gasteiger partial charge < -0.3 is 20.5 Å². The fourth-order valence-electron chi connectivity index (χ4n) is 2.92. The van der Waals surface area contributed by atoms with Crippen molar-refractivity contribution in [1.82, 2.24) is 10.2 Å². The van der Waals surface area contributed by atoms with Crippen LogP contribution in [-0.4, -0.2) is 61.4 Å². The van der Waals surface area contributed by atoms with E-state index in [9.17, 15) is 14.7 Å².